The first kappa shape index (κ1) is 25.1. The van der Waals surface area contributed by atoms with Crippen molar-refractivity contribution in [1.82, 2.24) is 19.1 Å². The summed E-state index contributed by atoms with van der Waals surface area (Å²) in [5.41, 5.74) is 10.3. The van der Waals surface area contributed by atoms with Gasteiger partial charge in [0, 0.05) is 25.6 Å². The third-order valence-electron chi connectivity index (χ3n) is 6.96. The summed E-state index contributed by atoms with van der Waals surface area (Å²) in [6.45, 7) is 5.16. The maximum atomic E-state index is 5.09. The zero-order valence-corrected chi connectivity index (χ0v) is 22.0. The van der Waals surface area contributed by atoms with Crippen molar-refractivity contribution in [3.8, 4) is 22.5 Å². The second kappa shape index (κ2) is 10.4. The molecule has 0 N–H and O–H groups in total. The third-order valence-corrected chi connectivity index (χ3v) is 6.96. The van der Waals surface area contributed by atoms with Gasteiger partial charge in [-0.15, -0.1) is 35.9 Å². The maximum Gasteiger partial charge on any atom is 1.00 e. The molecule has 178 valence electrons. The number of aromatic nitrogens is 4. The molecule has 4 nitrogen and oxygen atoms in total. The van der Waals surface area contributed by atoms with E-state index >= 15 is 0 Å². The Balaban J connectivity index is 0.00000280. The van der Waals surface area contributed by atoms with Gasteiger partial charge in [0.2, 0.25) is 0 Å². The van der Waals surface area contributed by atoms with Crippen LogP contribution >= 0.6 is 0 Å². The largest absolute Gasteiger partial charge is 1.00 e. The normalized spacial score (nSPS) is 11.2. The van der Waals surface area contributed by atoms with Gasteiger partial charge in [-0.05, 0) is 48.7 Å². The predicted octanol–water partition coefficient (Wildman–Crippen LogP) is 4.37. The molecular weight excluding hydrogens is 447 g/mol. The van der Waals surface area contributed by atoms with Crippen LogP contribution in [0.5, 0.6) is 0 Å². The van der Waals surface area contributed by atoms with Crippen LogP contribution in [-0.2, 0) is 20.0 Å². The molecule has 0 amide bonds. The first-order valence-corrected chi connectivity index (χ1v) is 12.6. The molecule has 0 aliphatic carbocycles. The monoisotopic (exact) mass is 476 g/mol. The summed E-state index contributed by atoms with van der Waals surface area (Å²) in [4.78, 5) is 10.1. The molecule has 0 saturated heterocycles. The fourth-order valence-corrected chi connectivity index (χ4v) is 5.11. The van der Waals surface area contributed by atoms with Crippen LogP contribution in [0.15, 0.2) is 84.9 Å². The van der Waals surface area contributed by atoms with Crippen LogP contribution in [-0.4, -0.2) is 19.1 Å². The van der Waals surface area contributed by atoms with Gasteiger partial charge in [-0.25, -0.2) is 9.97 Å². The Bertz CT molecular complexity index is 1680. The summed E-state index contributed by atoms with van der Waals surface area (Å²) >= 11 is 0. The Kier molecular flexibility index (Phi) is 7.06. The summed E-state index contributed by atoms with van der Waals surface area (Å²) < 4.78 is 4.57. The molecule has 5 heteroatoms. The average molecular weight is 477 g/mol. The van der Waals surface area contributed by atoms with Crippen molar-refractivity contribution >= 4 is 22.1 Å². The minimum atomic E-state index is 0. The number of fused-ring (bicyclic) bond motifs is 2. The topological polar surface area (TPSA) is 35.6 Å². The Morgan fingerprint density at radius 1 is 0.838 bits per heavy atom. The van der Waals surface area contributed by atoms with Crippen molar-refractivity contribution in [3.05, 3.63) is 108 Å². The van der Waals surface area contributed by atoms with Gasteiger partial charge >= 0.3 is 18.9 Å². The van der Waals surface area contributed by atoms with E-state index in [1.165, 1.54) is 22.2 Å². The van der Waals surface area contributed by atoms with Crippen molar-refractivity contribution in [1.29, 1.82) is 0 Å². The minimum Gasteiger partial charge on any atom is -0.327 e. The number of nitrogens with zero attached hydrogens (tertiary/aromatic N) is 4. The first-order valence-electron chi connectivity index (χ1n) is 12.6. The predicted molar refractivity (Wildman–Crippen MR) is 148 cm³/mol. The van der Waals surface area contributed by atoms with Crippen molar-refractivity contribution < 1.29 is 18.9 Å². The van der Waals surface area contributed by atoms with Gasteiger partial charge in [0.1, 0.15) is 11.6 Å². The van der Waals surface area contributed by atoms with Crippen molar-refractivity contribution in [3.63, 3.8) is 0 Å². The zero-order valence-electron chi connectivity index (χ0n) is 22.0. The molecule has 0 radical (unpaired) electrons. The van der Waals surface area contributed by atoms with Crippen LogP contribution < -0.4 is 18.9 Å². The molecule has 2 aromatic heterocycles. The van der Waals surface area contributed by atoms with Crippen LogP contribution in [0.3, 0.4) is 0 Å². The summed E-state index contributed by atoms with van der Waals surface area (Å²) in [6.07, 6.45) is 2.01. The summed E-state index contributed by atoms with van der Waals surface area (Å²) in [7, 11) is 2.09. The Morgan fingerprint density at radius 2 is 1.62 bits per heavy atom. The van der Waals surface area contributed by atoms with Gasteiger partial charge in [0.15, 0.2) is 0 Å². The van der Waals surface area contributed by atoms with Crippen LogP contribution in [0, 0.1) is 13.0 Å². The Morgan fingerprint density at radius 3 is 2.35 bits per heavy atom. The van der Waals surface area contributed by atoms with Crippen LogP contribution in [0.1, 0.15) is 30.3 Å². The van der Waals surface area contributed by atoms with Crippen molar-refractivity contribution in [2.24, 2.45) is 7.05 Å². The van der Waals surface area contributed by atoms with Gasteiger partial charge in [-0.3, -0.25) is 0 Å². The van der Waals surface area contributed by atoms with Gasteiger partial charge in [0.05, 0.1) is 22.1 Å². The molecule has 6 rings (SSSR count). The van der Waals surface area contributed by atoms with Crippen LogP contribution in [0.2, 0.25) is 0 Å². The Labute approximate surface area is 230 Å². The van der Waals surface area contributed by atoms with E-state index in [1.54, 1.807) is 0 Å². The number of para-hydroxylation sites is 2. The number of imidazole rings is 2. The van der Waals surface area contributed by atoms with E-state index in [0.717, 1.165) is 58.7 Å². The molecule has 0 aliphatic rings. The second-order valence-corrected chi connectivity index (χ2v) is 9.48. The van der Waals surface area contributed by atoms with Crippen molar-refractivity contribution in [2.45, 2.75) is 33.2 Å². The SMILES string of the molecule is CCCc1nc2c(C)cc(-c3nc4ccccc4n3C)cc2n1Cc1ccc(-c2[c-]cccc2)cc1.[Li+]. The number of hydrogen-bond acceptors (Lipinski definition) is 2. The number of aryl methyl sites for hydroxylation is 3. The van der Waals surface area contributed by atoms with E-state index in [1.807, 2.05) is 18.2 Å². The zero-order chi connectivity index (χ0) is 24.6. The molecule has 0 unspecified atom stereocenters. The summed E-state index contributed by atoms with van der Waals surface area (Å²) in [5, 5.41) is 0. The standard InChI is InChI=1S/C32H29N4.Li/c1-4-10-30-34-31-22(2)19-26(32-33-27-13-8-9-14-28(27)35(32)3)20-29(31)36(30)21-23-15-17-25(18-16-23)24-11-6-5-7-12-24;/h5-9,11,13-20H,4,10,21H2,1-3H3;/q-1;+1. The Hall–Kier alpha value is -3.58. The van der Waals surface area contributed by atoms with Gasteiger partial charge in [-0.2, -0.15) is 0 Å². The van der Waals surface area contributed by atoms with Crippen LogP contribution in [0.4, 0.5) is 0 Å². The average Bonchev–Trinajstić information content (AvgIpc) is 3.43. The van der Waals surface area contributed by atoms with Gasteiger partial charge in [-0.1, -0.05) is 48.9 Å². The first-order chi connectivity index (χ1) is 17.6. The van der Waals surface area contributed by atoms with Gasteiger partial charge in [0.25, 0.3) is 0 Å². The van der Waals surface area contributed by atoms with Crippen LogP contribution in [0.25, 0.3) is 44.6 Å². The second-order valence-electron chi connectivity index (χ2n) is 9.48. The molecule has 0 saturated carbocycles. The van der Waals surface area contributed by atoms with E-state index in [2.05, 4.69) is 103 Å². The van der Waals surface area contributed by atoms with E-state index in [-0.39, 0.29) is 18.9 Å². The smallest absolute Gasteiger partial charge is 0.327 e. The number of hydrogen-bond donors (Lipinski definition) is 0. The van der Waals surface area contributed by atoms with E-state index in [0.29, 0.717) is 0 Å². The molecule has 0 aliphatic heterocycles. The molecule has 6 aromatic rings. The fourth-order valence-electron chi connectivity index (χ4n) is 5.11. The molecule has 4 aromatic carbocycles. The number of rotatable bonds is 6. The number of benzene rings is 4. The molecule has 0 spiro atoms. The summed E-state index contributed by atoms with van der Waals surface area (Å²) in [5.74, 6) is 2.12. The van der Waals surface area contributed by atoms with Gasteiger partial charge < -0.3 is 9.13 Å². The van der Waals surface area contributed by atoms with E-state index in [9.17, 15) is 0 Å². The molecule has 2 heterocycles. The fraction of sp³-hybridized carbons (Fsp3) is 0.188. The molecule has 0 fully saturated rings. The minimum absolute atomic E-state index is 0. The molecular formula is C32H29LiN4. The van der Waals surface area contributed by atoms with E-state index in [4.69, 9.17) is 9.97 Å². The third kappa shape index (κ3) is 4.64. The quantitative estimate of drug-likeness (QED) is 0.264. The summed E-state index contributed by atoms with van der Waals surface area (Å²) in [6, 6.07) is 33.1. The maximum absolute atomic E-state index is 5.09. The van der Waals surface area contributed by atoms with Crippen molar-refractivity contribution in [2.75, 3.05) is 0 Å². The molecule has 0 bridgehead atoms. The molecule has 37 heavy (non-hydrogen) atoms. The van der Waals surface area contributed by atoms with E-state index < -0.39 is 0 Å². The molecule has 0 atom stereocenters.